The number of hydrogen-bond acceptors (Lipinski definition) is 2. The third kappa shape index (κ3) is 3.53. The summed E-state index contributed by atoms with van der Waals surface area (Å²) < 4.78 is 13.9. The average Bonchev–Trinajstić information content (AvgIpc) is 2.37. The Balaban J connectivity index is 2.25. The Hall–Kier alpha value is -1.42. The number of aryl methyl sites for hydroxylation is 1. The largest absolute Gasteiger partial charge is 0.271 e. The molecule has 1 atom stereocenters. The van der Waals surface area contributed by atoms with Crippen LogP contribution in [0.15, 0.2) is 42.5 Å². The van der Waals surface area contributed by atoms with Gasteiger partial charge >= 0.3 is 0 Å². The van der Waals surface area contributed by atoms with Gasteiger partial charge in [0, 0.05) is 10.6 Å². The summed E-state index contributed by atoms with van der Waals surface area (Å²) in [5, 5.41) is 0.382. The maximum Gasteiger partial charge on any atom is 0.129 e. The van der Waals surface area contributed by atoms with Gasteiger partial charge in [0.15, 0.2) is 0 Å². The van der Waals surface area contributed by atoms with Gasteiger partial charge in [-0.3, -0.25) is 11.3 Å². The minimum Gasteiger partial charge on any atom is -0.271 e. The minimum atomic E-state index is -0.344. The summed E-state index contributed by atoms with van der Waals surface area (Å²) in [4.78, 5) is 0. The minimum absolute atomic E-state index is 0.279. The van der Waals surface area contributed by atoms with E-state index >= 15 is 0 Å². The Kier molecular flexibility index (Phi) is 4.53. The molecule has 3 N–H and O–H groups in total. The Labute approximate surface area is 117 Å². The van der Waals surface area contributed by atoms with E-state index in [1.54, 1.807) is 12.1 Å². The molecule has 1 unspecified atom stereocenters. The second kappa shape index (κ2) is 6.15. The molecule has 0 heterocycles. The van der Waals surface area contributed by atoms with Crippen LogP contribution in [0, 0.1) is 12.7 Å². The number of hydrogen-bond donors (Lipinski definition) is 2. The first-order valence-corrected chi connectivity index (χ1v) is 6.44. The van der Waals surface area contributed by atoms with Crippen LogP contribution < -0.4 is 11.3 Å². The van der Waals surface area contributed by atoms with Crippen LogP contribution in [0.25, 0.3) is 0 Å². The molecule has 0 saturated heterocycles. The zero-order chi connectivity index (χ0) is 13.8. The van der Waals surface area contributed by atoms with Gasteiger partial charge in [-0.1, -0.05) is 47.5 Å². The third-order valence-corrected chi connectivity index (χ3v) is 3.30. The number of hydrazine groups is 1. The quantitative estimate of drug-likeness (QED) is 0.663. The van der Waals surface area contributed by atoms with Gasteiger partial charge in [-0.25, -0.2) is 4.39 Å². The fourth-order valence-corrected chi connectivity index (χ4v) is 2.28. The second-order valence-electron chi connectivity index (χ2n) is 4.58. The monoisotopic (exact) mass is 278 g/mol. The third-order valence-electron chi connectivity index (χ3n) is 3.06. The van der Waals surface area contributed by atoms with Crippen LogP contribution in [0.5, 0.6) is 0 Å². The Morgan fingerprint density at radius 2 is 2.05 bits per heavy atom. The molecule has 0 amide bonds. The van der Waals surface area contributed by atoms with Crippen molar-refractivity contribution in [2.24, 2.45) is 5.84 Å². The predicted molar refractivity (Wildman–Crippen MR) is 76.4 cm³/mol. The average molecular weight is 279 g/mol. The number of nitrogens with one attached hydrogen (secondary N) is 1. The summed E-state index contributed by atoms with van der Waals surface area (Å²) in [6, 6.07) is 12.4. The van der Waals surface area contributed by atoms with Crippen LogP contribution in [-0.2, 0) is 6.42 Å². The van der Waals surface area contributed by atoms with Gasteiger partial charge in [0.2, 0.25) is 0 Å². The SMILES string of the molecule is Cc1cccc(CC(NN)c2ccc(Cl)cc2F)c1. The molecule has 2 aromatic carbocycles. The van der Waals surface area contributed by atoms with E-state index in [9.17, 15) is 4.39 Å². The highest BCUT2D eigenvalue weighted by Crippen LogP contribution is 2.23. The zero-order valence-electron chi connectivity index (χ0n) is 10.7. The van der Waals surface area contributed by atoms with Crippen molar-refractivity contribution in [3.05, 3.63) is 70.0 Å². The van der Waals surface area contributed by atoms with Crippen LogP contribution >= 0.6 is 11.6 Å². The van der Waals surface area contributed by atoms with Crippen molar-refractivity contribution >= 4 is 11.6 Å². The summed E-state index contributed by atoms with van der Waals surface area (Å²) >= 11 is 5.75. The van der Waals surface area contributed by atoms with Gasteiger partial charge in [0.05, 0.1) is 6.04 Å². The van der Waals surface area contributed by atoms with Crippen LogP contribution in [0.2, 0.25) is 5.02 Å². The fourth-order valence-electron chi connectivity index (χ4n) is 2.12. The van der Waals surface area contributed by atoms with Crippen molar-refractivity contribution in [1.82, 2.24) is 5.43 Å². The van der Waals surface area contributed by atoms with E-state index in [1.807, 2.05) is 25.1 Å². The van der Waals surface area contributed by atoms with Gasteiger partial charge in [-0.15, -0.1) is 0 Å². The van der Waals surface area contributed by atoms with E-state index in [1.165, 1.54) is 11.6 Å². The van der Waals surface area contributed by atoms with Crippen LogP contribution in [0.3, 0.4) is 0 Å². The predicted octanol–water partition coefficient (Wildman–Crippen LogP) is 3.53. The summed E-state index contributed by atoms with van der Waals surface area (Å²) in [6.45, 7) is 2.03. The Morgan fingerprint density at radius 3 is 2.68 bits per heavy atom. The lowest BCUT2D eigenvalue weighted by Crippen LogP contribution is -2.30. The maximum absolute atomic E-state index is 13.9. The lowest BCUT2D eigenvalue weighted by Gasteiger charge is -2.17. The molecule has 0 aliphatic heterocycles. The number of halogens is 2. The Morgan fingerprint density at radius 1 is 1.26 bits per heavy atom. The smallest absolute Gasteiger partial charge is 0.129 e. The van der Waals surface area contributed by atoms with Crippen molar-refractivity contribution in [2.45, 2.75) is 19.4 Å². The fraction of sp³-hybridized carbons (Fsp3) is 0.200. The molecule has 0 aromatic heterocycles. The molecule has 0 radical (unpaired) electrons. The molecule has 2 rings (SSSR count). The molecule has 100 valence electrons. The van der Waals surface area contributed by atoms with Gasteiger partial charge in [-0.2, -0.15) is 0 Å². The van der Waals surface area contributed by atoms with E-state index in [-0.39, 0.29) is 11.9 Å². The molecule has 19 heavy (non-hydrogen) atoms. The van der Waals surface area contributed by atoms with E-state index in [2.05, 4.69) is 11.5 Å². The van der Waals surface area contributed by atoms with Crippen molar-refractivity contribution < 1.29 is 4.39 Å². The highest BCUT2D eigenvalue weighted by atomic mass is 35.5. The van der Waals surface area contributed by atoms with Crippen LogP contribution in [0.4, 0.5) is 4.39 Å². The molecule has 2 nitrogen and oxygen atoms in total. The maximum atomic E-state index is 13.9. The highest BCUT2D eigenvalue weighted by molar-refractivity contribution is 6.30. The number of benzene rings is 2. The molecule has 0 aliphatic carbocycles. The standard InChI is InChI=1S/C15H16ClFN2/c1-10-3-2-4-11(7-10)8-15(19-18)13-6-5-12(16)9-14(13)17/h2-7,9,15,19H,8,18H2,1H3. The normalized spacial score (nSPS) is 12.4. The number of rotatable bonds is 4. The molecule has 0 saturated carbocycles. The van der Waals surface area contributed by atoms with Gasteiger partial charge in [0.1, 0.15) is 5.82 Å². The Bertz CT molecular complexity index is 572. The summed E-state index contributed by atoms with van der Waals surface area (Å²) in [5.74, 6) is 5.20. The highest BCUT2D eigenvalue weighted by Gasteiger charge is 2.15. The molecule has 0 aliphatic rings. The topological polar surface area (TPSA) is 38.0 Å². The molecular weight excluding hydrogens is 263 g/mol. The van der Waals surface area contributed by atoms with Crippen molar-refractivity contribution in [3.8, 4) is 0 Å². The lowest BCUT2D eigenvalue weighted by atomic mass is 9.98. The van der Waals surface area contributed by atoms with Gasteiger partial charge in [0.25, 0.3) is 0 Å². The van der Waals surface area contributed by atoms with Gasteiger partial charge < -0.3 is 0 Å². The number of nitrogens with two attached hydrogens (primary N) is 1. The summed E-state index contributed by atoms with van der Waals surface area (Å²) in [7, 11) is 0. The van der Waals surface area contributed by atoms with E-state index in [0.29, 0.717) is 17.0 Å². The molecule has 2 aromatic rings. The van der Waals surface area contributed by atoms with Gasteiger partial charge in [-0.05, 0) is 31.0 Å². The molecule has 0 fully saturated rings. The van der Waals surface area contributed by atoms with E-state index < -0.39 is 0 Å². The van der Waals surface area contributed by atoms with Crippen LogP contribution in [0.1, 0.15) is 22.7 Å². The molecule has 0 bridgehead atoms. The van der Waals surface area contributed by atoms with Crippen LogP contribution in [-0.4, -0.2) is 0 Å². The van der Waals surface area contributed by atoms with Crippen molar-refractivity contribution in [3.63, 3.8) is 0 Å². The summed E-state index contributed by atoms with van der Waals surface area (Å²) in [6.07, 6.45) is 0.622. The molecular formula is C15H16ClFN2. The van der Waals surface area contributed by atoms with E-state index in [4.69, 9.17) is 17.4 Å². The summed E-state index contributed by atoms with van der Waals surface area (Å²) in [5.41, 5.74) is 5.46. The first-order chi connectivity index (χ1) is 9.10. The second-order valence-corrected chi connectivity index (χ2v) is 5.01. The van der Waals surface area contributed by atoms with E-state index in [0.717, 1.165) is 5.56 Å². The first-order valence-electron chi connectivity index (χ1n) is 6.07. The van der Waals surface area contributed by atoms with Crippen molar-refractivity contribution in [2.75, 3.05) is 0 Å². The molecule has 4 heteroatoms. The zero-order valence-corrected chi connectivity index (χ0v) is 11.4. The first kappa shape index (κ1) is 14.0. The molecule has 0 spiro atoms. The van der Waals surface area contributed by atoms with Crippen molar-refractivity contribution in [1.29, 1.82) is 0 Å². The lowest BCUT2D eigenvalue weighted by molar-refractivity contribution is 0.510.